The van der Waals surface area contributed by atoms with Crippen molar-refractivity contribution < 1.29 is 18.3 Å². The number of nitrogens with one attached hydrogen (secondary N) is 2. The van der Waals surface area contributed by atoms with Crippen LogP contribution in [-0.4, -0.2) is 60.3 Å². The summed E-state index contributed by atoms with van der Waals surface area (Å²) in [6.07, 6.45) is 3.81. The van der Waals surface area contributed by atoms with Crippen molar-refractivity contribution in [1.82, 2.24) is 30.7 Å². The molecule has 2 aliphatic heterocycles. The Hall–Kier alpha value is -3.21. The SMILES string of the molecule is Oc1cc(-c2cn[nH]c2)ccc1-c1ncc(N(C2CC2)[C@H]2C[C@@H]3CC[C@](C(F)(F)F)(C2)N3)nn1. The van der Waals surface area contributed by atoms with Crippen LogP contribution in [0.25, 0.3) is 22.5 Å². The zero-order valence-corrected chi connectivity index (χ0v) is 18.3. The van der Waals surface area contributed by atoms with Gasteiger partial charge >= 0.3 is 6.18 Å². The molecule has 0 unspecified atom stereocenters. The molecule has 0 amide bonds. The lowest BCUT2D eigenvalue weighted by Crippen LogP contribution is -2.62. The predicted molar refractivity (Wildman–Crippen MR) is 118 cm³/mol. The Morgan fingerprint density at radius 3 is 2.56 bits per heavy atom. The number of phenols is 1. The van der Waals surface area contributed by atoms with Crippen molar-refractivity contribution in [3.05, 3.63) is 36.8 Å². The molecule has 2 saturated heterocycles. The van der Waals surface area contributed by atoms with Gasteiger partial charge in [-0.2, -0.15) is 18.3 Å². The Morgan fingerprint density at radius 1 is 1.06 bits per heavy atom. The summed E-state index contributed by atoms with van der Waals surface area (Å²) in [6, 6.07) is 4.90. The molecule has 3 fully saturated rings. The summed E-state index contributed by atoms with van der Waals surface area (Å²) < 4.78 is 41.8. The van der Waals surface area contributed by atoms with Crippen molar-refractivity contribution in [2.75, 3.05) is 4.90 Å². The topological polar surface area (TPSA) is 103 Å². The zero-order valence-electron chi connectivity index (χ0n) is 18.3. The van der Waals surface area contributed by atoms with Gasteiger partial charge in [0.2, 0.25) is 0 Å². The second-order valence-electron chi connectivity index (χ2n) is 9.55. The smallest absolute Gasteiger partial charge is 0.406 e. The lowest BCUT2D eigenvalue weighted by molar-refractivity contribution is -0.199. The highest BCUT2D eigenvalue weighted by Crippen LogP contribution is 2.49. The number of anilines is 1. The molecule has 0 radical (unpaired) electrons. The first-order valence-electron chi connectivity index (χ1n) is 11.5. The van der Waals surface area contributed by atoms with E-state index in [1.165, 1.54) is 0 Å². The van der Waals surface area contributed by atoms with Crippen LogP contribution in [0.4, 0.5) is 19.0 Å². The number of hydrogen-bond donors (Lipinski definition) is 3. The monoisotopic (exact) mass is 471 g/mol. The lowest BCUT2D eigenvalue weighted by Gasteiger charge is -2.44. The van der Waals surface area contributed by atoms with Gasteiger partial charge in [0, 0.05) is 29.9 Å². The number of aromatic amines is 1. The normalized spacial score (nSPS) is 26.6. The summed E-state index contributed by atoms with van der Waals surface area (Å²) in [7, 11) is 0. The molecule has 3 atom stereocenters. The fraction of sp³-hybridized carbons (Fsp3) is 0.478. The number of rotatable bonds is 5. The molecule has 1 saturated carbocycles. The second kappa shape index (κ2) is 7.66. The molecule has 4 heterocycles. The number of phenolic OH excluding ortho intramolecular Hbond substituents is 1. The summed E-state index contributed by atoms with van der Waals surface area (Å²) >= 11 is 0. The molecule has 2 aromatic heterocycles. The van der Waals surface area contributed by atoms with Gasteiger partial charge in [0.25, 0.3) is 0 Å². The van der Waals surface area contributed by atoms with Crippen LogP contribution in [0.5, 0.6) is 5.75 Å². The van der Waals surface area contributed by atoms with E-state index in [1.807, 2.05) is 11.0 Å². The van der Waals surface area contributed by atoms with E-state index < -0.39 is 11.7 Å². The Kier molecular flexibility index (Phi) is 4.80. The minimum absolute atomic E-state index is 0.00317. The summed E-state index contributed by atoms with van der Waals surface area (Å²) in [5.74, 6) is 0.756. The zero-order chi connectivity index (χ0) is 23.5. The second-order valence-corrected chi connectivity index (χ2v) is 9.55. The van der Waals surface area contributed by atoms with Crippen LogP contribution in [-0.2, 0) is 0 Å². The molecule has 1 aromatic carbocycles. The van der Waals surface area contributed by atoms with Gasteiger partial charge in [0.15, 0.2) is 11.6 Å². The molecule has 3 N–H and O–H groups in total. The van der Waals surface area contributed by atoms with Crippen molar-refractivity contribution >= 4 is 5.82 Å². The van der Waals surface area contributed by atoms with Crippen LogP contribution in [0, 0.1) is 0 Å². The van der Waals surface area contributed by atoms with Crippen molar-refractivity contribution in [3.63, 3.8) is 0 Å². The number of aromatic nitrogens is 5. The first kappa shape index (κ1) is 21.3. The first-order valence-corrected chi connectivity index (χ1v) is 11.5. The molecular formula is C23H24F3N7O. The summed E-state index contributed by atoms with van der Waals surface area (Å²) in [5.41, 5.74) is 0.236. The maximum absolute atomic E-state index is 13.9. The molecule has 34 heavy (non-hydrogen) atoms. The highest BCUT2D eigenvalue weighted by Gasteiger charge is 2.62. The fourth-order valence-electron chi connectivity index (χ4n) is 5.50. The van der Waals surface area contributed by atoms with Crippen molar-refractivity contribution in [1.29, 1.82) is 0 Å². The van der Waals surface area contributed by atoms with Crippen molar-refractivity contribution in [3.8, 4) is 28.3 Å². The Bertz CT molecular complexity index is 1180. The average molecular weight is 471 g/mol. The number of halogens is 3. The largest absolute Gasteiger partial charge is 0.507 e. The lowest BCUT2D eigenvalue weighted by atomic mass is 9.86. The van der Waals surface area contributed by atoms with Gasteiger partial charge in [0.1, 0.15) is 11.3 Å². The highest BCUT2D eigenvalue weighted by atomic mass is 19.4. The van der Waals surface area contributed by atoms with Crippen LogP contribution in [0.3, 0.4) is 0 Å². The van der Waals surface area contributed by atoms with Gasteiger partial charge in [-0.1, -0.05) is 6.07 Å². The number of nitrogens with zero attached hydrogens (tertiary/aromatic N) is 5. The number of H-pyrrole nitrogens is 1. The van der Waals surface area contributed by atoms with E-state index in [9.17, 15) is 18.3 Å². The molecule has 8 nitrogen and oxygen atoms in total. The van der Waals surface area contributed by atoms with Crippen LogP contribution >= 0.6 is 0 Å². The summed E-state index contributed by atoms with van der Waals surface area (Å²) in [4.78, 5) is 6.42. The maximum Gasteiger partial charge on any atom is 0.406 e. The summed E-state index contributed by atoms with van der Waals surface area (Å²) in [5, 5.41) is 28.6. The third-order valence-corrected chi connectivity index (χ3v) is 7.30. The van der Waals surface area contributed by atoms with Gasteiger partial charge in [-0.25, -0.2) is 4.98 Å². The Morgan fingerprint density at radius 2 is 1.91 bits per heavy atom. The summed E-state index contributed by atoms with van der Waals surface area (Å²) in [6.45, 7) is 0. The highest BCUT2D eigenvalue weighted by molar-refractivity contribution is 5.72. The molecule has 178 valence electrons. The van der Waals surface area contributed by atoms with E-state index >= 15 is 0 Å². The van der Waals surface area contributed by atoms with Crippen LogP contribution in [0.15, 0.2) is 36.8 Å². The van der Waals surface area contributed by atoms with Crippen molar-refractivity contribution in [2.45, 2.75) is 68.4 Å². The van der Waals surface area contributed by atoms with E-state index in [4.69, 9.17) is 0 Å². The number of alkyl halides is 3. The third kappa shape index (κ3) is 3.58. The van der Waals surface area contributed by atoms with E-state index in [0.717, 1.165) is 24.0 Å². The number of hydrogen-bond acceptors (Lipinski definition) is 7. The average Bonchev–Trinajstić information content (AvgIpc) is 3.36. The predicted octanol–water partition coefficient (Wildman–Crippen LogP) is 3.82. The van der Waals surface area contributed by atoms with Gasteiger partial charge < -0.3 is 15.3 Å². The minimum Gasteiger partial charge on any atom is -0.507 e. The Balaban J connectivity index is 1.26. The van der Waals surface area contributed by atoms with E-state index in [0.29, 0.717) is 24.2 Å². The van der Waals surface area contributed by atoms with Crippen molar-refractivity contribution in [2.24, 2.45) is 0 Å². The third-order valence-electron chi connectivity index (χ3n) is 7.30. The molecule has 3 aromatic rings. The molecule has 1 aliphatic carbocycles. The quantitative estimate of drug-likeness (QED) is 0.520. The fourth-order valence-corrected chi connectivity index (χ4v) is 5.50. The van der Waals surface area contributed by atoms with E-state index in [2.05, 4.69) is 30.7 Å². The van der Waals surface area contributed by atoms with Gasteiger partial charge in [-0.05, 0) is 56.2 Å². The minimum atomic E-state index is -4.29. The van der Waals surface area contributed by atoms with Crippen LogP contribution in [0.2, 0.25) is 0 Å². The van der Waals surface area contributed by atoms with Gasteiger partial charge in [0.05, 0.1) is 18.0 Å². The standard InChI is InChI=1S/C23H24F3N7O/c24-23(25,26)22-6-5-15(30-22)8-17(9-22)33(16-2-3-16)20-12-27-21(32-31-20)18-4-1-13(7-19(18)34)14-10-28-29-11-14/h1,4,7,10-12,15-17,30,34H,2-3,5-6,8-9H2,(H,28,29)/t15-,17-,22+/m0/s1. The molecule has 6 rings (SSSR count). The maximum atomic E-state index is 13.9. The first-order chi connectivity index (χ1) is 16.3. The molecule has 3 aliphatic rings. The molecule has 2 bridgehead atoms. The Labute approximate surface area is 193 Å². The number of aromatic hydroxyl groups is 1. The van der Waals surface area contributed by atoms with Crippen LogP contribution in [0.1, 0.15) is 38.5 Å². The molecular weight excluding hydrogens is 447 g/mol. The van der Waals surface area contributed by atoms with Gasteiger partial charge in [-0.15, -0.1) is 10.2 Å². The van der Waals surface area contributed by atoms with E-state index in [-0.39, 0.29) is 42.5 Å². The van der Waals surface area contributed by atoms with E-state index in [1.54, 1.807) is 30.7 Å². The number of fused-ring (bicyclic) bond motifs is 2. The van der Waals surface area contributed by atoms with Crippen LogP contribution < -0.4 is 10.2 Å². The molecule has 11 heteroatoms. The number of piperidine rings is 1. The number of benzene rings is 1. The van der Waals surface area contributed by atoms with Gasteiger partial charge in [-0.3, -0.25) is 5.10 Å². The molecule has 0 spiro atoms.